The Balaban J connectivity index is 1.60. The van der Waals surface area contributed by atoms with Crippen molar-refractivity contribution in [1.29, 1.82) is 0 Å². The SMILES string of the molecule is CC(CCc1ccc(C(=O)NCCC(=O)O)cc1)COc1ccc(-c2ccc(C(C)C)cc2)c(C=NOC(C)(C)C)c1. The van der Waals surface area contributed by atoms with E-state index >= 15 is 0 Å². The molecule has 0 saturated carbocycles. The number of carbonyl (C=O) groups is 2. The summed E-state index contributed by atoms with van der Waals surface area (Å²) >= 11 is 0. The van der Waals surface area contributed by atoms with Crippen molar-refractivity contribution in [3.8, 4) is 16.9 Å². The summed E-state index contributed by atoms with van der Waals surface area (Å²) in [5.41, 5.74) is 5.67. The molecule has 0 saturated heterocycles. The fraction of sp³-hybridized carbons (Fsp3) is 0.400. The molecule has 0 heterocycles. The Morgan fingerprint density at radius 3 is 2.29 bits per heavy atom. The third-order valence-electron chi connectivity index (χ3n) is 6.73. The van der Waals surface area contributed by atoms with Crippen LogP contribution in [-0.4, -0.2) is 42.0 Å². The molecule has 1 amide bonds. The van der Waals surface area contributed by atoms with Gasteiger partial charge in [-0.2, -0.15) is 0 Å². The molecule has 0 aliphatic rings. The van der Waals surface area contributed by atoms with Gasteiger partial charge in [-0.25, -0.2) is 0 Å². The molecule has 2 N–H and O–H groups in total. The topological polar surface area (TPSA) is 97.2 Å². The van der Waals surface area contributed by atoms with E-state index < -0.39 is 5.97 Å². The number of carboxylic acid groups (broad SMARTS) is 1. The van der Waals surface area contributed by atoms with E-state index in [9.17, 15) is 9.59 Å². The summed E-state index contributed by atoms with van der Waals surface area (Å²) in [6, 6.07) is 22.1. The molecule has 3 aromatic rings. The molecule has 0 aromatic heterocycles. The van der Waals surface area contributed by atoms with E-state index in [4.69, 9.17) is 14.7 Å². The van der Waals surface area contributed by atoms with Gasteiger partial charge in [-0.3, -0.25) is 9.59 Å². The molecule has 3 rings (SSSR count). The lowest BCUT2D eigenvalue weighted by Gasteiger charge is -2.16. The molecule has 3 aromatic carbocycles. The smallest absolute Gasteiger partial charge is 0.305 e. The second kappa shape index (κ2) is 15.2. The van der Waals surface area contributed by atoms with Crippen molar-refractivity contribution in [1.82, 2.24) is 5.32 Å². The number of nitrogens with one attached hydrogen (secondary N) is 1. The molecule has 0 fully saturated rings. The van der Waals surface area contributed by atoms with Gasteiger partial charge < -0.3 is 20.0 Å². The maximum absolute atomic E-state index is 12.2. The number of hydrogen-bond acceptors (Lipinski definition) is 5. The zero-order valence-corrected chi connectivity index (χ0v) is 25.6. The predicted octanol–water partition coefficient (Wildman–Crippen LogP) is 7.48. The lowest BCUT2D eigenvalue weighted by atomic mass is 9.96. The highest BCUT2D eigenvalue weighted by Gasteiger charge is 2.12. The second-order valence-electron chi connectivity index (χ2n) is 12.0. The molecule has 0 spiro atoms. The Morgan fingerprint density at radius 1 is 0.976 bits per heavy atom. The number of benzene rings is 3. The number of carboxylic acids is 1. The van der Waals surface area contributed by atoms with Crippen LogP contribution in [0.15, 0.2) is 71.9 Å². The minimum atomic E-state index is -0.937. The first kappa shape index (κ1) is 32.4. The molecule has 42 heavy (non-hydrogen) atoms. The average molecular weight is 573 g/mol. The molecule has 7 heteroatoms. The van der Waals surface area contributed by atoms with Gasteiger partial charge >= 0.3 is 5.97 Å². The Morgan fingerprint density at radius 2 is 1.67 bits per heavy atom. The summed E-state index contributed by atoms with van der Waals surface area (Å²) in [5.74, 6) is 0.361. The zero-order chi connectivity index (χ0) is 30.7. The van der Waals surface area contributed by atoms with Gasteiger partial charge in [0.15, 0.2) is 0 Å². The summed E-state index contributed by atoms with van der Waals surface area (Å²) in [6.07, 6.45) is 3.45. The number of oxime groups is 1. The van der Waals surface area contributed by atoms with Crippen molar-refractivity contribution in [3.63, 3.8) is 0 Å². The number of nitrogens with zero attached hydrogens (tertiary/aromatic N) is 1. The van der Waals surface area contributed by atoms with Gasteiger partial charge in [-0.05, 0) is 92.0 Å². The van der Waals surface area contributed by atoms with Crippen LogP contribution in [0.2, 0.25) is 0 Å². The fourth-order valence-corrected chi connectivity index (χ4v) is 4.23. The van der Waals surface area contributed by atoms with Crippen LogP contribution >= 0.6 is 0 Å². The standard InChI is InChI=1S/C35H44N2O5/c1-24(2)27-13-15-28(16-14-27)32-18-17-31(21-30(32)22-37-42-35(4,5)6)41-23-25(3)7-8-26-9-11-29(12-10-26)34(40)36-20-19-33(38)39/h9-18,21-22,24-25H,7-8,19-20,23H2,1-6H3,(H,36,40)(H,38,39). The molecule has 7 nitrogen and oxygen atoms in total. The second-order valence-corrected chi connectivity index (χ2v) is 12.0. The van der Waals surface area contributed by atoms with Crippen LogP contribution in [0.1, 0.15) is 87.4 Å². The van der Waals surface area contributed by atoms with Crippen molar-refractivity contribution >= 4 is 18.1 Å². The lowest BCUT2D eigenvalue weighted by Crippen LogP contribution is -2.25. The number of aryl methyl sites for hydroxylation is 1. The minimum Gasteiger partial charge on any atom is -0.493 e. The monoisotopic (exact) mass is 572 g/mol. The summed E-state index contributed by atoms with van der Waals surface area (Å²) in [7, 11) is 0. The molecular formula is C35H44N2O5. The highest BCUT2D eigenvalue weighted by Crippen LogP contribution is 2.29. The van der Waals surface area contributed by atoms with E-state index in [1.165, 1.54) is 5.56 Å². The minimum absolute atomic E-state index is 0.0966. The van der Waals surface area contributed by atoms with Crippen molar-refractivity contribution < 1.29 is 24.3 Å². The van der Waals surface area contributed by atoms with Gasteiger partial charge in [0, 0.05) is 17.7 Å². The molecular weight excluding hydrogens is 528 g/mol. The maximum atomic E-state index is 12.2. The van der Waals surface area contributed by atoms with Gasteiger partial charge in [0.05, 0.1) is 19.2 Å². The Labute approximate surface area is 249 Å². The molecule has 224 valence electrons. The molecule has 0 bridgehead atoms. The summed E-state index contributed by atoms with van der Waals surface area (Å²) in [4.78, 5) is 28.4. The first-order valence-corrected chi connectivity index (χ1v) is 14.6. The predicted molar refractivity (Wildman–Crippen MR) is 168 cm³/mol. The van der Waals surface area contributed by atoms with E-state index in [2.05, 4.69) is 61.6 Å². The first-order valence-electron chi connectivity index (χ1n) is 14.6. The van der Waals surface area contributed by atoms with E-state index in [1.807, 2.05) is 45.0 Å². The van der Waals surface area contributed by atoms with Crippen LogP contribution < -0.4 is 10.1 Å². The molecule has 0 aliphatic carbocycles. The number of rotatable bonds is 14. The third-order valence-corrected chi connectivity index (χ3v) is 6.73. The average Bonchev–Trinajstić information content (AvgIpc) is 2.94. The summed E-state index contributed by atoms with van der Waals surface area (Å²) < 4.78 is 6.19. The maximum Gasteiger partial charge on any atom is 0.305 e. The van der Waals surface area contributed by atoms with E-state index in [0.717, 1.165) is 40.8 Å². The van der Waals surface area contributed by atoms with Crippen LogP contribution in [0.4, 0.5) is 0 Å². The normalized spacial score (nSPS) is 12.4. The van der Waals surface area contributed by atoms with Crippen molar-refractivity contribution in [3.05, 3.63) is 89.0 Å². The van der Waals surface area contributed by atoms with Crippen LogP contribution in [0, 0.1) is 5.92 Å². The highest BCUT2D eigenvalue weighted by atomic mass is 16.6. The Kier molecular flexibility index (Phi) is 11.7. The molecule has 0 radical (unpaired) electrons. The summed E-state index contributed by atoms with van der Waals surface area (Å²) in [6.45, 7) is 13.1. The quantitative estimate of drug-likeness (QED) is 0.154. The van der Waals surface area contributed by atoms with E-state index in [-0.39, 0.29) is 24.5 Å². The number of ether oxygens (including phenoxy) is 1. The highest BCUT2D eigenvalue weighted by molar-refractivity contribution is 5.94. The number of amides is 1. The van der Waals surface area contributed by atoms with E-state index in [0.29, 0.717) is 24.0 Å². The first-order chi connectivity index (χ1) is 19.9. The van der Waals surface area contributed by atoms with Crippen LogP contribution in [0.3, 0.4) is 0 Å². The summed E-state index contributed by atoms with van der Waals surface area (Å²) in [5, 5.41) is 15.6. The van der Waals surface area contributed by atoms with Crippen LogP contribution in [-0.2, 0) is 16.1 Å². The Hall–Kier alpha value is -4.13. The third kappa shape index (κ3) is 10.7. The lowest BCUT2D eigenvalue weighted by molar-refractivity contribution is -0.136. The van der Waals surface area contributed by atoms with Crippen LogP contribution in [0.5, 0.6) is 5.75 Å². The van der Waals surface area contributed by atoms with Crippen molar-refractivity contribution in [2.45, 2.75) is 72.3 Å². The van der Waals surface area contributed by atoms with Gasteiger partial charge in [-0.15, -0.1) is 0 Å². The zero-order valence-electron chi connectivity index (χ0n) is 25.6. The van der Waals surface area contributed by atoms with Gasteiger partial charge in [-0.1, -0.05) is 68.4 Å². The van der Waals surface area contributed by atoms with Gasteiger partial charge in [0.25, 0.3) is 5.91 Å². The molecule has 1 unspecified atom stereocenters. The number of hydrogen-bond donors (Lipinski definition) is 2. The number of carbonyl (C=O) groups excluding carboxylic acids is 1. The van der Waals surface area contributed by atoms with Gasteiger partial charge in [0.2, 0.25) is 0 Å². The number of aliphatic carboxylic acids is 1. The van der Waals surface area contributed by atoms with E-state index in [1.54, 1.807) is 18.3 Å². The fourth-order valence-electron chi connectivity index (χ4n) is 4.23. The Bertz CT molecular complexity index is 1340. The largest absolute Gasteiger partial charge is 0.493 e. The molecule has 0 aliphatic heterocycles. The van der Waals surface area contributed by atoms with Gasteiger partial charge in [0.1, 0.15) is 11.4 Å². The molecule has 1 atom stereocenters. The van der Waals surface area contributed by atoms with Crippen molar-refractivity contribution in [2.75, 3.05) is 13.2 Å². The van der Waals surface area contributed by atoms with Crippen molar-refractivity contribution in [2.24, 2.45) is 11.1 Å². The van der Waals surface area contributed by atoms with Crippen LogP contribution in [0.25, 0.3) is 11.1 Å².